The molecule has 0 aromatic heterocycles. The zero-order valence-electron chi connectivity index (χ0n) is 6.07. The van der Waals surface area contributed by atoms with Gasteiger partial charge in [-0.1, -0.05) is 0 Å². The summed E-state index contributed by atoms with van der Waals surface area (Å²) in [6.45, 7) is 0. The van der Waals surface area contributed by atoms with Gasteiger partial charge in [0.15, 0.2) is 0 Å². The molecule has 0 aromatic carbocycles. The molecule has 6 heteroatoms. The molecule has 2 N–H and O–H groups in total. The van der Waals surface area contributed by atoms with E-state index < -0.39 is 24.1 Å². The standard InChI is InChI=1S/C6H7NO5/c8-4(9)2-1-3-5(10)12-6(11)7-3/h3H,1-2H2,(H,7,11)(H,8,9)/t3-/m1/s1. The summed E-state index contributed by atoms with van der Waals surface area (Å²) in [4.78, 5) is 31.2. The molecule has 1 aliphatic heterocycles. The number of hydrogen-bond acceptors (Lipinski definition) is 4. The number of hydrogen-bond donors (Lipinski definition) is 2. The van der Waals surface area contributed by atoms with E-state index in [1.54, 1.807) is 0 Å². The molecule has 12 heavy (non-hydrogen) atoms. The van der Waals surface area contributed by atoms with Crippen LogP contribution < -0.4 is 5.32 Å². The van der Waals surface area contributed by atoms with Gasteiger partial charge in [-0.2, -0.15) is 0 Å². The molecule has 0 aromatic rings. The van der Waals surface area contributed by atoms with Gasteiger partial charge in [0.1, 0.15) is 6.04 Å². The highest BCUT2D eigenvalue weighted by molar-refractivity contribution is 5.95. The van der Waals surface area contributed by atoms with Crippen molar-refractivity contribution >= 4 is 18.0 Å². The normalized spacial score (nSPS) is 21.8. The number of alkyl carbamates (subject to hydrolysis) is 1. The Morgan fingerprint density at radius 2 is 2.25 bits per heavy atom. The fourth-order valence-corrected chi connectivity index (χ4v) is 0.851. The van der Waals surface area contributed by atoms with Crippen LogP contribution in [-0.4, -0.2) is 29.2 Å². The molecule has 1 saturated heterocycles. The number of aliphatic carboxylic acids is 1. The molecule has 1 atom stereocenters. The van der Waals surface area contributed by atoms with E-state index in [1.165, 1.54) is 0 Å². The van der Waals surface area contributed by atoms with E-state index in [2.05, 4.69) is 10.1 Å². The van der Waals surface area contributed by atoms with E-state index in [4.69, 9.17) is 5.11 Å². The minimum absolute atomic E-state index is 0.0694. The van der Waals surface area contributed by atoms with Crippen LogP contribution in [0.1, 0.15) is 12.8 Å². The van der Waals surface area contributed by atoms with Crippen LogP contribution in [0.2, 0.25) is 0 Å². The second-order valence-electron chi connectivity index (χ2n) is 2.34. The number of carboxylic acid groups (broad SMARTS) is 1. The van der Waals surface area contributed by atoms with Crippen LogP contribution in [0.5, 0.6) is 0 Å². The molecular weight excluding hydrogens is 166 g/mol. The van der Waals surface area contributed by atoms with Crippen LogP contribution in [0.15, 0.2) is 0 Å². The molecule has 0 spiro atoms. The Morgan fingerprint density at radius 3 is 2.67 bits per heavy atom. The second-order valence-corrected chi connectivity index (χ2v) is 2.34. The molecule has 0 aliphatic carbocycles. The third-order valence-corrected chi connectivity index (χ3v) is 1.42. The summed E-state index contributed by atoms with van der Waals surface area (Å²) >= 11 is 0. The number of amides is 1. The van der Waals surface area contributed by atoms with Gasteiger partial charge in [-0.05, 0) is 6.42 Å². The van der Waals surface area contributed by atoms with Gasteiger partial charge in [-0.25, -0.2) is 9.59 Å². The largest absolute Gasteiger partial charge is 0.481 e. The molecule has 1 fully saturated rings. The molecule has 1 amide bonds. The van der Waals surface area contributed by atoms with Crippen LogP contribution in [0.3, 0.4) is 0 Å². The van der Waals surface area contributed by atoms with Crippen molar-refractivity contribution in [3.05, 3.63) is 0 Å². The fraction of sp³-hybridized carbons (Fsp3) is 0.500. The van der Waals surface area contributed by atoms with E-state index in [-0.39, 0.29) is 12.8 Å². The molecule has 6 nitrogen and oxygen atoms in total. The zero-order valence-corrected chi connectivity index (χ0v) is 6.07. The molecule has 1 aliphatic rings. The van der Waals surface area contributed by atoms with Gasteiger partial charge < -0.3 is 15.2 Å². The zero-order chi connectivity index (χ0) is 9.14. The van der Waals surface area contributed by atoms with Crippen LogP contribution in [0, 0.1) is 0 Å². The van der Waals surface area contributed by atoms with Crippen LogP contribution >= 0.6 is 0 Å². The first-order valence-electron chi connectivity index (χ1n) is 3.33. The number of cyclic esters (lactones) is 2. The third-order valence-electron chi connectivity index (χ3n) is 1.42. The number of carboxylic acids is 1. The van der Waals surface area contributed by atoms with Crippen LogP contribution in [0.4, 0.5) is 4.79 Å². The lowest BCUT2D eigenvalue weighted by Crippen LogP contribution is -2.29. The first-order chi connectivity index (χ1) is 5.59. The number of rotatable bonds is 3. The quantitative estimate of drug-likeness (QED) is 0.442. The summed E-state index contributed by atoms with van der Waals surface area (Å²) in [7, 11) is 0. The fourth-order valence-electron chi connectivity index (χ4n) is 0.851. The summed E-state index contributed by atoms with van der Waals surface area (Å²) in [6.07, 6.45) is -0.907. The summed E-state index contributed by atoms with van der Waals surface area (Å²) in [5.74, 6) is -1.72. The van der Waals surface area contributed by atoms with Crippen LogP contribution in [0.25, 0.3) is 0 Å². The van der Waals surface area contributed by atoms with Crippen molar-refractivity contribution in [2.45, 2.75) is 18.9 Å². The van der Waals surface area contributed by atoms with E-state index in [0.717, 1.165) is 0 Å². The molecule has 66 valence electrons. The average Bonchev–Trinajstić information content (AvgIpc) is 2.26. The van der Waals surface area contributed by atoms with Crippen molar-refractivity contribution in [2.24, 2.45) is 0 Å². The SMILES string of the molecule is O=C(O)CC[C@H]1NC(=O)OC1=O. The second kappa shape index (κ2) is 3.21. The molecule has 1 heterocycles. The highest BCUT2D eigenvalue weighted by Gasteiger charge is 2.32. The molecular formula is C6H7NO5. The predicted molar refractivity (Wildman–Crippen MR) is 35.3 cm³/mol. The van der Waals surface area contributed by atoms with Gasteiger partial charge in [0.25, 0.3) is 0 Å². The Hall–Kier alpha value is -1.59. The maximum absolute atomic E-state index is 10.7. The average molecular weight is 173 g/mol. The van der Waals surface area contributed by atoms with Gasteiger partial charge in [-0.3, -0.25) is 4.79 Å². The number of carbonyl (C=O) groups is 3. The first kappa shape index (κ1) is 8.51. The Morgan fingerprint density at radius 1 is 1.58 bits per heavy atom. The lowest BCUT2D eigenvalue weighted by Gasteiger charge is -2.00. The maximum Gasteiger partial charge on any atom is 0.415 e. The maximum atomic E-state index is 10.7. The summed E-state index contributed by atoms with van der Waals surface area (Å²) in [5, 5.41) is 10.4. The summed E-state index contributed by atoms with van der Waals surface area (Å²) < 4.78 is 4.12. The highest BCUT2D eigenvalue weighted by atomic mass is 16.6. The Balaban J connectivity index is 2.38. The van der Waals surface area contributed by atoms with Gasteiger partial charge in [0, 0.05) is 6.42 Å². The van der Waals surface area contributed by atoms with Crippen molar-refractivity contribution in [2.75, 3.05) is 0 Å². The smallest absolute Gasteiger partial charge is 0.415 e. The number of carbonyl (C=O) groups excluding carboxylic acids is 2. The monoisotopic (exact) mass is 173 g/mol. The number of ether oxygens (including phenoxy) is 1. The van der Waals surface area contributed by atoms with Gasteiger partial charge in [0.05, 0.1) is 0 Å². The molecule has 0 radical (unpaired) electrons. The van der Waals surface area contributed by atoms with E-state index in [0.29, 0.717) is 0 Å². The van der Waals surface area contributed by atoms with E-state index >= 15 is 0 Å². The molecule has 0 saturated carbocycles. The molecule has 0 bridgehead atoms. The third kappa shape index (κ3) is 1.94. The van der Waals surface area contributed by atoms with E-state index in [1.807, 2.05) is 0 Å². The predicted octanol–water partition coefficient (Wildman–Crippen LogP) is -0.514. The minimum Gasteiger partial charge on any atom is -0.481 e. The van der Waals surface area contributed by atoms with Gasteiger partial charge in [-0.15, -0.1) is 0 Å². The van der Waals surface area contributed by atoms with Crippen molar-refractivity contribution in [3.63, 3.8) is 0 Å². The Kier molecular flexibility index (Phi) is 2.27. The molecule has 1 rings (SSSR count). The first-order valence-corrected chi connectivity index (χ1v) is 3.33. The van der Waals surface area contributed by atoms with Crippen molar-refractivity contribution < 1.29 is 24.2 Å². The Labute approximate surface area is 67.5 Å². The number of esters is 1. The van der Waals surface area contributed by atoms with Crippen LogP contribution in [-0.2, 0) is 14.3 Å². The lowest BCUT2D eigenvalue weighted by molar-refractivity contribution is -0.138. The lowest BCUT2D eigenvalue weighted by atomic mass is 10.2. The highest BCUT2D eigenvalue weighted by Crippen LogP contribution is 2.06. The van der Waals surface area contributed by atoms with Gasteiger partial charge >= 0.3 is 18.0 Å². The van der Waals surface area contributed by atoms with Crippen molar-refractivity contribution in [1.29, 1.82) is 0 Å². The summed E-state index contributed by atoms with van der Waals surface area (Å²) in [5.41, 5.74) is 0. The topological polar surface area (TPSA) is 92.7 Å². The minimum atomic E-state index is -1.01. The van der Waals surface area contributed by atoms with E-state index in [9.17, 15) is 14.4 Å². The van der Waals surface area contributed by atoms with Crippen molar-refractivity contribution in [1.82, 2.24) is 5.32 Å². The summed E-state index contributed by atoms with van der Waals surface area (Å²) in [6, 6.07) is -0.798. The van der Waals surface area contributed by atoms with Gasteiger partial charge in [0.2, 0.25) is 0 Å². The Bertz CT molecular complexity index is 236. The van der Waals surface area contributed by atoms with Crippen molar-refractivity contribution in [3.8, 4) is 0 Å². The number of nitrogens with one attached hydrogen (secondary N) is 1. The molecule has 0 unspecified atom stereocenters.